The molecule has 0 spiro atoms. The van der Waals surface area contributed by atoms with Gasteiger partial charge in [0.15, 0.2) is 5.16 Å². The van der Waals surface area contributed by atoms with Crippen LogP contribution in [0.1, 0.15) is 20.3 Å². The molecule has 0 aliphatic carbocycles. The van der Waals surface area contributed by atoms with Gasteiger partial charge in [0.05, 0.1) is 7.11 Å². The molecule has 0 saturated carbocycles. The van der Waals surface area contributed by atoms with Gasteiger partial charge in [-0.25, -0.2) is 4.39 Å². The fraction of sp³-hybridized carbons (Fsp3) is 0.385. The van der Waals surface area contributed by atoms with E-state index in [2.05, 4.69) is 44.7 Å². The highest BCUT2D eigenvalue weighted by Gasteiger charge is 2.22. The summed E-state index contributed by atoms with van der Waals surface area (Å²) >= 11 is 1.34. The van der Waals surface area contributed by atoms with Crippen LogP contribution in [0.15, 0.2) is 58.6 Å². The van der Waals surface area contributed by atoms with Crippen LogP contribution in [0.3, 0.4) is 0 Å². The first-order valence-corrected chi connectivity index (χ1v) is 12.8. The van der Waals surface area contributed by atoms with Crippen LogP contribution in [-0.2, 0) is 4.79 Å². The zero-order valence-electron chi connectivity index (χ0n) is 21.8. The molecule has 0 aliphatic rings. The highest BCUT2D eigenvalue weighted by Crippen LogP contribution is 2.28. The van der Waals surface area contributed by atoms with E-state index in [4.69, 9.17) is 4.74 Å². The number of hydrogen-bond donors (Lipinski definition) is 3. The SMILES string of the molecule is COc1ccc(Sc2nc(Nc3cccc(F)c3)nc(N[C@@H](CC(C)C)C(=O)NCCN(C)C)n2)cc1. The lowest BCUT2D eigenvalue weighted by Gasteiger charge is -2.21. The van der Waals surface area contributed by atoms with Gasteiger partial charge in [-0.1, -0.05) is 19.9 Å². The molecule has 0 bridgehead atoms. The second-order valence-corrected chi connectivity index (χ2v) is 10.1. The summed E-state index contributed by atoms with van der Waals surface area (Å²) in [5.41, 5.74) is 0.498. The fourth-order valence-electron chi connectivity index (χ4n) is 3.35. The minimum absolute atomic E-state index is 0.125. The normalized spacial score (nSPS) is 11.9. The van der Waals surface area contributed by atoms with Gasteiger partial charge in [0.1, 0.15) is 17.6 Å². The van der Waals surface area contributed by atoms with Gasteiger partial charge in [0.25, 0.3) is 0 Å². The summed E-state index contributed by atoms with van der Waals surface area (Å²) in [4.78, 5) is 29.4. The van der Waals surface area contributed by atoms with Crippen molar-refractivity contribution in [3.8, 4) is 5.75 Å². The van der Waals surface area contributed by atoms with E-state index in [0.717, 1.165) is 17.2 Å². The molecule has 1 heterocycles. The monoisotopic (exact) mass is 527 g/mol. The Morgan fingerprint density at radius 2 is 1.81 bits per heavy atom. The number of benzene rings is 2. The van der Waals surface area contributed by atoms with Crippen molar-refractivity contribution in [2.24, 2.45) is 5.92 Å². The maximum atomic E-state index is 13.7. The minimum atomic E-state index is -0.537. The van der Waals surface area contributed by atoms with E-state index in [0.29, 0.717) is 23.8 Å². The molecule has 1 amide bonds. The predicted molar refractivity (Wildman–Crippen MR) is 145 cm³/mol. The molecule has 3 rings (SSSR count). The summed E-state index contributed by atoms with van der Waals surface area (Å²) in [5, 5.41) is 9.62. The lowest BCUT2D eigenvalue weighted by Crippen LogP contribution is -2.43. The predicted octanol–water partition coefficient (Wildman–Crippen LogP) is 4.42. The van der Waals surface area contributed by atoms with Gasteiger partial charge in [0, 0.05) is 23.7 Å². The van der Waals surface area contributed by atoms with E-state index in [1.54, 1.807) is 19.2 Å². The van der Waals surface area contributed by atoms with Crippen LogP contribution >= 0.6 is 11.8 Å². The number of methoxy groups -OCH3 is 1. The second kappa shape index (κ2) is 13.8. The van der Waals surface area contributed by atoms with Crippen LogP contribution in [0.2, 0.25) is 0 Å². The van der Waals surface area contributed by atoms with Gasteiger partial charge in [0.2, 0.25) is 17.8 Å². The maximum Gasteiger partial charge on any atom is 0.242 e. The third kappa shape index (κ3) is 9.51. The first-order chi connectivity index (χ1) is 17.7. The number of amides is 1. The molecule has 198 valence electrons. The van der Waals surface area contributed by atoms with Crippen molar-refractivity contribution >= 4 is 35.3 Å². The average Bonchev–Trinajstić information content (AvgIpc) is 2.83. The molecule has 0 aliphatic heterocycles. The van der Waals surface area contributed by atoms with E-state index in [1.807, 2.05) is 43.3 Å². The van der Waals surface area contributed by atoms with Crippen molar-refractivity contribution < 1.29 is 13.9 Å². The number of ether oxygens (including phenoxy) is 1. The number of anilines is 3. The van der Waals surface area contributed by atoms with E-state index in [1.165, 1.54) is 23.9 Å². The van der Waals surface area contributed by atoms with Crippen LogP contribution in [0.25, 0.3) is 0 Å². The van der Waals surface area contributed by atoms with Crippen molar-refractivity contribution in [3.63, 3.8) is 0 Å². The maximum absolute atomic E-state index is 13.7. The van der Waals surface area contributed by atoms with Crippen molar-refractivity contribution in [3.05, 3.63) is 54.3 Å². The molecule has 0 unspecified atom stereocenters. The minimum Gasteiger partial charge on any atom is -0.497 e. The van der Waals surface area contributed by atoms with Crippen LogP contribution in [0.4, 0.5) is 22.0 Å². The Balaban J connectivity index is 1.87. The third-order valence-corrected chi connectivity index (χ3v) is 6.02. The van der Waals surface area contributed by atoms with Gasteiger partial charge in [-0.3, -0.25) is 4.79 Å². The van der Waals surface area contributed by atoms with Crippen LogP contribution in [-0.4, -0.2) is 66.1 Å². The summed E-state index contributed by atoms with van der Waals surface area (Å²) < 4.78 is 19.0. The highest BCUT2D eigenvalue weighted by atomic mass is 32.2. The Morgan fingerprint density at radius 3 is 2.46 bits per heavy atom. The lowest BCUT2D eigenvalue weighted by atomic mass is 10.0. The van der Waals surface area contributed by atoms with Crippen molar-refractivity contribution in [2.75, 3.05) is 44.9 Å². The zero-order valence-corrected chi connectivity index (χ0v) is 22.6. The molecule has 1 aromatic heterocycles. The van der Waals surface area contributed by atoms with Crippen molar-refractivity contribution in [1.82, 2.24) is 25.2 Å². The number of carbonyl (C=O) groups is 1. The van der Waals surface area contributed by atoms with E-state index in [9.17, 15) is 9.18 Å². The number of carbonyl (C=O) groups excluding carboxylic acids is 1. The van der Waals surface area contributed by atoms with Gasteiger partial charge >= 0.3 is 0 Å². The molecule has 2 aromatic carbocycles. The van der Waals surface area contributed by atoms with Gasteiger partial charge in [-0.05, 0) is 80.7 Å². The van der Waals surface area contributed by atoms with Gasteiger partial charge < -0.3 is 25.6 Å². The Kier molecular flexibility index (Phi) is 10.5. The summed E-state index contributed by atoms with van der Waals surface area (Å²) in [5.74, 6) is 0.981. The molecule has 3 aromatic rings. The quantitative estimate of drug-likeness (QED) is 0.298. The number of nitrogens with one attached hydrogen (secondary N) is 3. The zero-order chi connectivity index (χ0) is 26.8. The smallest absolute Gasteiger partial charge is 0.242 e. The second-order valence-electron chi connectivity index (χ2n) is 9.10. The van der Waals surface area contributed by atoms with E-state index >= 15 is 0 Å². The molecule has 37 heavy (non-hydrogen) atoms. The first-order valence-electron chi connectivity index (χ1n) is 12.0. The molecular weight excluding hydrogens is 493 g/mol. The molecule has 1 atom stereocenters. The van der Waals surface area contributed by atoms with Crippen LogP contribution < -0.4 is 20.7 Å². The third-order valence-electron chi connectivity index (χ3n) is 5.15. The van der Waals surface area contributed by atoms with Crippen molar-refractivity contribution in [1.29, 1.82) is 0 Å². The number of rotatable bonds is 13. The topological polar surface area (TPSA) is 104 Å². The molecule has 0 saturated heterocycles. The molecular formula is C26H34FN7O2S. The molecule has 0 radical (unpaired) electrons. The largest absolute Gasteiger partial charge is 0.497 e. The fourth-order valence-corrected chi connectivity index (χ4v) is 4.10. The Morgan fingerprint density at radius 1 is 1.08 bits per heavy atom. The molecule has 9 nitrogen and oxygen atoms in total. The Hall–Kier alpha value is -3.44. The number of halogens is 1. The van der Waals surface area contributed by atoms with Gasteiger partial charge in [-0.15, -0.1) is 0 Å². The molecule has 3 N–H and O–H groups in total. The number of aromatic nitrogens is 3. The molecule has 11 heteroatoms. The number of hydrogen-bond acceptors (Lipinski definition) is 9. The summed E-state index contributed by atoms with van der Waals surface area (Å²) in [7, 11) is 5.52. The summed E-state index contributed by atoms with van der Waals surface area (Å²) in [6, 6.07) is 13.0. The standard InChI is InChI=1S/C26H34FN7O2S/c1-17(2)15-22(23(35)28-13-14-34(3)4)30-25-31-24(29-19-8-6-7-18(27)16-19)32-26(33-25)37-21-11-9-20(36-5)10-12-21/h6-12,16-17,22H,13-15H2,1-5H3,(H,28,35)(H2,29,30,31,32,33)/t22-/m0/s1. The van der Waals surface area contributed by atoms with Crippen LogP contribution in [0.5, 0.6) is 5.75 Å². The number of nitrogens with zero attached hydrogens (tertiary/aromatic N) is 4. The lowest BCUT2D eigenvalue weighted by molar-refractivity contribution is -0.122. The molecule has 0 fully saturated rings. The highest BCUT2D eigenvalue weighted by molar-refractivity contribution is 7.99. The van der Waals surface area contributed by atoms with E-state index < -0.39 is 6.04 Å². The van der Waals surface area contributed by atoms with Crippen molar-refractivity contribution in [2.45, 2.75) is 36.4 Å². The summed E-state index contributed by atoms with van der Waals surface area (Å²) in [6.07, 6.45) is 0.590. The number of likely N-dealkylation sites (N-methyl/N-ethyl adjacent to an activating group) is 1. The summed E-state index contributed by atoms with van der Waals surface area (Å²) in [6.45, 7) is 5.37. The Bertz CT molecular complexity index is 1160. The first kappa shape index (κ1) is 28.1. The Labute approximate surface area is 221 Å². The average molecular weight is 528 g/mol. The van der Waals surface area contributed by atoms with Crippen LogP contribution in [0, 0.1) is 11.7 Å². The van der Waals surface area contributed by atoms with Gasteiger partial charge in [-0.2, -0.15) is 15.0 Å². The van der Waals surface area contributed by atoms with E-state index in [-0.39, 0.29) is 29.5 Å².